The molecule has 3 aromatic rings. The molecule has 1 aromatic heterocycles. The van der Waals surface area contributed by atoms with E-state index in [4.69, 9.17) is 4.98 Å². The zero-order valence-electron chi connectivity index (χ0n) is 16.6. The average Bonchev–Trinajstić information content (AvgIpc) is 3.41. The van der Waals surface area contributed by atoms with E-state index in [2.05, 4.69) is 46.3 Å². The lowest BCUT2D eigenvalue weighted by Crippen LogP contribution is -2.47. The molecule has 148 valence electrons. The van der Waals surface area contributed by atoms with Crippen molar-refractivity contribution in [1.82, 2.24) is 19.8 Å². The molecule has 0 bridgehead atoms. The number of H-pyrrole nitrogens is 1. The van der Waals surface area contributed by atoms with Gasteiger partial charge in [0.25, 0.3) is 0 Å². The monoisotopic (exact) mass is 386 g/mol. The van der Waals surface area contributed by atoms with Crippen molar-refractivity contribution in [1.29, 1.82) is 0 Å². The lowest BCUT2D eigenvalue weighted by atomic mass is 10.1. The highest BCUT2D eigenvalue weighted by molar-refractivity contribution is 5.82. The third-order valence-electron chi connectivity index (χ3n) is 6.07. The summed E-state index contributed by atoms with van der Waals surface area (Å²) in [6.45, 7) is 3.22. The third-order valence-corrected chi connectivity index (χ3v) is 6.07. The van der Waals surface area contributed by atoms with E-state index in [1.165, 1.54) is 5.56 Å². The minimum atomic E-state index is -0.00623. The van der Waals surface area contributed by atoms with Crippen LogP contribution < -0.4 is 0 Å². The van der Waals surface area contributed by atoms with E-state index in [0.29, 0.717) is 6.54 Å². The first-order chi connectivity index (χ1) is 14.3. The molecule has 1 amide bonds. The lowest BCUT2D eigenvalue weighted by Gasteiger charge is -2.32. The fraction of sp³-hybridized carbons (Fsp3) is 0.333. The van der Waals surface area contributed by atoms with Gasteiger partial charge in [-0.1, -0.05) is 60.7 Å². The van der Waals surface area contributed by atoms with Crippen LogP contribution in [0.15, 0.2) is 60.7 Å². The highest BCUT2D eigenvalue weighted by Crippen LogP contribution is 2.26. The van der Waals surface area contributed by atoms with Gasteiger partial charge < -0.3 is 9.88 Å². The first kappa shape index (κ1) is 18.1. The molecule has 1 fully saturated rings. The van der Waals surface area contributed by atoms with Crippen molar-refractivity contribution in [3.63, 3.8) is 0 Å². The standard InChI is InChI=1S/C24H26N4O/c29-24(22-12-7-14-27(22)16-18-8-3-1-4-9-18)28-15-13-20-21(17-28)26-23(25-20)19-10-5-2-6-11-19/h1-6,8-11,22H,7,12-17H2,(H,25,26)/t22-/m0/s1. The van der Waals surface area contributed by atoms with Gasteiger partial charge in [0.2, 0.25) is 5.91 Å². The second-order valence-corrected chi connectivity index (χ2v) is 8.00. The number of aromatic nitrogens is 2. The van der Waals surface area contributed by atoms with Crippen LogP contribution in [0.1, 0.15) is 29.8 Å². The third kappa shape index (κ3) is 3.70. The first-order valence-corrected chi connectivity index (χ1v) is 10.5. The second-order valence-electron chi connectivity index (χ2n) is 8.00. The summed E-state index contributed by atoms with van der Waals surface area (Å²) >= 11 is 0. The molecule has 0 aliphatic carbocycles. The molecular weight excluding hydrogens is 360 g/mol. The van der Waals surface area contributed by atoms with Gasteiger partial charge in [0.1, 0.15) is 5.82 Å². The minimum Gasteiger partial charge on any atom is -0.340 e. The van der Waals surface area contributed by atoms with Gasteiger partial charge in [0, 0.05) is 25.1 Å². The van der Waals surface area contributed by atoms with Crippen molar-refractivity contribution in [2.75, 3.05) is 13.1 Å². The number of benzene rings is 2. The molecule has 1 N–H and O–H groups in total. The Morgan fingerprint density at radius 1 is 1.03 bits per heavy atom. The molecule has 5 nitrogen and oxygen atoms in total. The number of nitrogens with zero attached hydrogens (tertiary/aromatic N) is 3. The van der Waals surface area contributed by atoms with Crippen molar-refractivity contribution >= 4 is 5.91 Å². The Hall–Kier alpha value is -2.92. The largest absolute Gasteiger partial charge is 0.340 e. The number of likely N-dealkylation sites (tertiary alicyclic amines) is 1. The quantitative estimate of drug-likeness (QED) is 0.745. The summed E-state index contributed by atoms with van der Waals surface area (Å²) in [6, 6.07) is 20.6. The summed E-state index contributed by atoms with van der Waals surface area (Å²) in [6.07, 6.45) is 2.85. The fourth-order valence-corrected chi connectivity index (χ4v) is 4.54. The van der Waals surface area contributed by atoms with E-state index in [0.717, 1.165) is 61.7 Å². The van der Waals surface area contributed by atoms with Crippen molar-refractivity contribution in [3.8, 4) is 11.4 Å². The number of fused-ring (bicyclic) bond motifs is 1. The average molecular weight is 386 g/mol. The molecule has 0 unspecified atom stereocenters. The van der Waals surface area contributed by atoms with E-state index in [-0.39, 0.29) is 11.9 Å². The molecule has 1 atom stereocenters. The number of amides is 1. The molecule has 2 aliphatic rings. The number of aromatic amines is 1. The van der Waals surface area contributed by atoms with Crippen LogP contribution in [0.2, 0.25) is 0 Å². The molecule has 2 aromatic carbocycles. The van der Waals surface area contributed by atoms with E-state index >= 15 is 0 Å². The summed E-state index contributed by atoms with van der Waals surface area (Å²) in [4.78, 5) is 25.9. The lowest BCUT2D eigenvalue weighted by molar-refractivity contribution is -0.137. The maximum Gasteiger partial charge on any atom is 0.240 e. The van der Waals surface area contributed by atoms with Crippen LogP contribution in [0.25, 0.3) is 11.4 Å². The van der Waals surface area contributed by atoms with Gasteiger partial charge in [0.05, 0.1) is 24.0 Å². The smallest absolute Gasteiger partial charge is 0.240 e. The summed E-state index contributed by atoms with van der Waals surface area (Å²) < 4.78 is 0. The Labute approximate surface area is 171 Å². The second kappa shape index (κ2) is 7.84. The van der Waals surface area contributed by atoms with E-state index in [9.17, 15) is 4.79 Å². The number of rotatable bonds is 4. The van der Waals surface area contributed by atoms with Crippen LogP contribution in [0, 0.1) is 0 Å². The Kier molecular flexibility index (Phi) is 4.90. The van der Waals surface area contributed by atoms with E-state index < -0.39 is 0 Å². The van der Waals surface area contributed by atoms with Crippen molar-refractivity contribution in [3.05, 3.63) is 77.6 Å². The predicted molar refractivity (Wildman–Crippen MR) is 113 cm³/mol. The van der Waals surface area contributed by atoms with Crippen LogP contribution in [0.5, 0.6) is 0 Å². The van der Waals surface area contributed by atoms with Gasteiger partial charge in [-0.05, 0) is 24.9 Å². The van der Waals surface area contributed by atoms with Crippen LogP contribution in [-0.4, -0.2) is 44.8 Å². The zero-order chi connectivity index (χ0) is 19.6. The first-order valence-electron chi connectivity index (χ1n) is 10.5. The number of carbonyl (C=O) groups excluding carboxylic acids is 1. The van der Waals surface area contributed by atoms with E-state index in [1.807, 2.05) is 29.2 Å². The highest BCUT2D eigenvalue weighted by Gasteiger charge is 2.35. The summed E-state index contributed by atoms with van der Waals surface area (Å²) in [7, 11) is 0. The number of hydrogen-bond donors (Lipinski definition) is 1. The topological polar surface area (TPSA) is 52.2 Å². The molecule has 0 spiro atoms. The zero-order valence-corrected chi connectivity index (χ0v) is 16.6. The van der Waals surface area contributed by atoms with Crippen molar-refractivity contribution < 1.29 is 4.79 Å². The number of nitrogens with one attached hydrogen (secondary N) is 1. The molecule has 5 heteroatoms. The molecule has 0 radical (unpaired) electrons. The molecule has 0 saturated carbocycles. The maximum absolute atomic E-state index is 13.3. The molecule has 5 rings (SSSR count). The summed E-state index contributed by atoms with van der Waals surface area (Å²) in [5.41, 5.74) is 4.54. The maximum atomic E-state index is 13.3. The van der Waals surface area contributed by atoms with Crippen LogP contribution in [0.4, 0.5) is 0 Å². The van der Waals surface area contributed by atoms with Crippen LogP contribution >= 0.6 is 0 Å². The Morgan fingerprint density at radius 2 is 1.79 bits per heavy atom. The van der Waals surface area contributed by atoms with Crippen molar-refractivity contribution in [2.24, 2.45) is 0 Å². The van der Waals surface area contributed by atoms with Gasteiger partial charge in [0.15, 0.2) is 0 Å². The normalized spacial score (nSPS) is 19.3. The van der Waals surface area contributed by atoms with Crippen molar-refractivity contribution in [2.45, 2.75) is 38.4 Å². The molecular formula is C24H26N4O. The molecule has 1 saturated heterocycles. The van der Waals surface area contributed by atoms with E-state index in [1.54, 1.807) is 0 Å². The number of imidazole rings is 1. The minimum absolute atomic E-state index is 0.00623. The molecule has 29 heavy (non-hydrogen) atoms. The van der Waals surface area contributed by atoms with Crippen LogP contribution in [-0.2, 0) is 24.3 Å². The fourth-order valence-electron chi connectivity index (χ4n) is 4.54. The van der Waals surface area contributed by atoms with Gasteiger partial charge in [-0.15, -0.1) is 0 Å². The van der Waals surface area contributed by atoms with Gasteiger partial charge in [-0.2, -0.15) is 0 Å². The summed E-state index contributed by atoms with van der Waals surface area (Å²) in [5.74, 6) is 1.16. The Bertz CT molecular complexity index is 983. The highest BCUT2D eigenvalue weighted by atomic mass is 16.2. The number of carbonyl (C=O) groups is 1. The van der Waals surface area contributed by atoms with Gasteiger partial charge >= 0.3 is 0 Å². The van der Waals surface area contributed by atoms with Gasteiger partial charge in [-0.3, -0.25) is 9.69 Å². The summed E-state index contributed by atoms with van der Waals surface area (Å²) in [5, 5.41) is 0. The Balaban J connectivity index is 1.29. The predicted octanol–water partition coefficient (Wildman–Crippen LogP) is 3.63. The Morgan fingerprint density at radius 3 is 2.59 bits per heavy atom. The SMILES string of the molecule is O=C([C@@H]1CCCN1Cc1ccccc1)N1CCc2nc(-c3ccccc3)[nH]c2C1. The molecule has 3 heterocycles. The number of hydrogen-bond acceptors (Lipinski definition) is 3. The van der Waals surface area contributed by atoms with Gasteiger partial charge in [-0.25, -0.2) is 4.98 Å². The molecule has 2 aliphatic heterocycles. The van der Waals surface area contributed by atoms with Crippen LogP contribution in [0.3, 0.4) is 0 Å².